The Labute approximate surface area is 99.4 Å². The summed E-state index contributed by atoms with van der Waals surface area (Å²) in [5, 5.41) is -0.648. The third kappa shape index (κ3) is 4.03. The average Bonchev–Trinajstić information content (AvgIpc) is 2.29. The molecule has 4 heteroatoms. The van der Waals surface area contributed by atoms with Gasteiger partial charge in [-0.2, -0.15) is 0 Å². The van der Waals surface area contributed by atoms with Gasteiger partial charge in [0.2, 0.25) is 0 Å². The molecule has 1 aromatic rings. The molecule has 0 fully saturated rings. The van der Waals surface area contributed by atoms with Crippen molar-refractivity contribution in [1.82, 2.24) is 0 Å². The Balaban J connectivity index is 2.65. The summed E-state index contributed by atoms with van der Waals surface area (Å²) < 4.78 is 4.94. The fraction of sp³-hybridized carbons (Fsp3) is 0.333. The monoisotopic (exact) mass is 240 g/mol. The first-order valence-corrected chi connectivity index (χ1v) is 5.44. The van der Waals surface area contributed by atoms with E-state index in [1.165, 1.54) is 0 Å². The van der Waals surface area contributed by atoms with Crippen LogP contribution in [0.25, 0.3) is 0 Å². The third-order valence-electron chi connectivity index (χ3n) is 2.08. The van der Waals surface area contributed by atoms with Crippen molar-refractivity contribution < 1.29 is 14.3 Å². The first kappa shape index (κ1) is 12.7. The normalized spacial score (nSPS) is 11.9. The van der Waals surface area contributed by atoms with Crippen molar-refractivity contribution in [3.8, 4) is 0 Å². The number of benzene rings is 1. The average molecular weight is 241 g/mol. The number of hydrogen-bond acceptors (Lipinski definition) is 3. The van der Waals surface area contributed by atoms with Gasteiger partial charge in [-0.15, -0.1) is 0 Å². The predicted molar refractivity (Wildman–Crippen MR) is 61.2 cm³/mol. The Kier molecular flexibility index (Phi) is 4.99. The summed E-state index contributed by atoms with van der Waals surface area (Å²) in [5.41, 5.74) is 0.908. The van der Waals surface area contributed by atoms with Crippen LogP contribution in [0, 0.1) is 0 Å². The Morgan fingerprint density at radius 3 is 2.44 bits per heavy atom. The SMILES string of the molecule is CCC(=O)OC(Cc1ccccc1)C(=O)Cl. The van der Waals surface area contributed by atoms with Gasteiger partial charge in [0.1, 0.15) is 0 Å². The minimum atomic E-state index is -0.892. The standard InChI is InChI=1S/C12H13ClO3/c1-2-11(14)16-10(12(13)15)8-9-6-4-3-5-7-9/h3-7,10H,2,8H2,1H3. The van der Waals surface area contributed by atoms with Gasteiger partial charge in [0.05, 0.1) is 0 Å². The van der Waals surface area contributed by atoms with Gasteiger partial charge in [0, 0.05) is 12.8 Å². The van der Waals surface area contributed by atoms with E-state index in [0.717, 1.165) is 5.56 Å². The van der Waals surface area contributed by atoms with E-state index < -0.39 is 17.3 Å². The highest BCUT2D eigenvalue weighted by Crippen LogP contribution is 2.09. The number of rotatable bonds is 5. The van der Waals surface area contributed by atoms with Crippen molar-refractivity contribution in [3.63, 3.8) is 0 Å². The number of carbonyl (C=O) groups is 2. The predicted octanol–water partition coefficient (Wildman–Crippen LogP) is 2.32. The van der Waals surface area contributed by atoms with E-state index >= 15 is 0 Å². The number of hydrogen-bond donors (Lipinski definition) is 0. The van der Waals surface area contributed by atoms with Gasteiger partial charge in [-0.25, -0.2) is 0 Å². The second-order valence-electron chi connectivity index (χ2n) is 3.33. The van der Waals surface area contributed by atoms with Crippen molar-refractivity contribution in [1.29, 1.82) is 0 Å². The smallest absolute Gasteiger partial charge is 0.306 e. The molecule has 0 aliphatic rings. The summed E-state index contributed by atoms with van der Waals surface area (Å²) in [7, 11) is 0. The van der Waals surface area contributed by atoms with Gasteiger partial charge in [0.25, 0.3) is 5.24 Å². The Bertz CT molecular complexity index is 362. The molecular weight excluding hydrogens is 228 g/mol. The lowest BCUT2D eigenvalue weighted by atomic mass is 10.1. The summed E-state index contributed by atoms with van der Waals surface area (Å²) in [4.78, 5) is 22.2. The lowest BCUT2D eigenvalue weighted by Crippen LogP contribution is -2.26. The number of ether oxygens (including phenoxy) is 1. The van der Waals surface area contributed by atoms with Crippen LogP contribution in [0.4, 0.5) is 0 Å². The molecule has 0 aliphatic carbocycles. The zero-order valence-corrected chi connectivity index (χ0v) is 9.74. The van der Waals surface area contributed by atoms with E-state index in [2.05, 4.69) is 0 Å². The van der Waals surface area contributed by atoms with Crippen LogP contribution in [0.15, 0.2) is 30.3 Å². The molecule has 0 saturated carbocycles. The van der Waals surface area contributed by atoms with Gasteiger partial charge >= 0.3 is 5.97 Å². The second-order valence-corrected chi connectivity index (χ2v) is 3.70. The zero-order valence-electron chi connectivity index (χ0n) is 8.98. The molecule has 1 atom stereocenters. The first-order chi connectivity index (χ1) is 7.63. The van der Waals surface area contributed by atoms with Crippen LogP contribution in [0.1, 0.15) is 18.9 Å². The number of esters is 1. The van der Waals surface area contributed by atoms with Crippen LogP contribution in [-0.2, 0) is 20.7 Å². The molecule has 0 radical (unpaired) electrons. The molecule has 0 saturated heterocycles. The highest BCUT2D eigenvalue weighted by atomic mass is 35.5. The van der Waals surface area contributed by atoms with Crippen LogP contribution in [-0.4, -0.2) is 17.3 Å². The van der Waals surface area contributed by atoms with Crippen molar-refractivity contribution in [2.75, 3.05) is 0 Å². The molecule has 0 aliphatic heterocycles. The van der Waals surface area contributed by atoms with Gasteiger partial charge in [-0.3, -0.25) is 9.59 Å². The summed E-state index contributed by atoms with van der Waals surface area (Å²) >= 11 is 5.38. The van der Waals surface area contributed by atoms with E-state index in [1.54, 1.807) is 6.92 Å². The Morgan fingerprint density at radius 2 is 1.94 bits per heavy atom. The minimum absolute atomic E-state index is 0.232. The molecule has 1 unspecified atom stereocenters. The Hall–Kier alpha value is -1.35. The minimum Gasteiger partial charge on any atom is -0.453 e. The van der Waals surface area contributed by atoms with Crippen molar-refractivity contribution >= 4 is 22.8 Å². The van der Waals surface area contributed by atoms with Crippen LogP contribution < -0.4 is 0 Å². The molecule has 1 aromatic carbocycles. The quantitative estimate of drug-likeness (QED) is 0.586. The van der Waals surface area contributed by atoms with E-state index in [0.29, 0.717) is 6.42 Å². The zero-order chi connectivity index (χ0) is 12.0. The largest absolute Gasteiger partial charge is 0.453 e. The highest BCUT2D eigenvalue weighted by molar-refractivity contribution is 6.64. The van der Waals surface area contributed by atoms with E-state index in [-0.39, 0.29) is 6.42 Å². The van der Waals surface area contributed by atoms with Crippen molar-refractivity contribution in [2.45, 2.75) is 25.9 Å². The first-order valence-electron chi connectivity index (χ1n) is 5.06. The van der Waals surface area contributed by atoms with Crippen LogP contribution in [0.5, 0.6) is 0 Å². The lowest BCUT2D eigenvalue weighted by Gasteiger charge is -2.13. The summed E-state index contributed by atoms with van der Waals surface area (Å²) in [5.74, 6) is -0.421. The molecule has 3 nitrogen and oxygen atoms in total. The summed E-state index contributed by atoms with van der Waals surface area (Å²) in [6, 6.07) is 9.29. The molecule has 0 N–H and O–H groups in total. The summed E-state index contributed by atoms with van der Waals surface area (Å²) in [6.07, 6.45) is -0.346. The van der Waals surface area contributed by atoms with Crippen LogP contribution in [0.3, 0.4) is 0 Å². The molecule has 1 rings (SSSR count). The fourth-order valence-electron chi connectivity index (χ4n) is 1.24. The highest BCUT2D eigenvalue weighted by Gasteiger charge is 2.20. The number of carbonyl (C=O) groups excluding carboxylic acids is 2. The number of halogens is 1. The van der Waals surface area contributed by atoms with Gasteiger partial charge in [-0.1, -0.05) is 37.3 Å². The molecule has 16 heavy (non-hydrogen) atoms. The van der Waals surface area contributed by atoms with Crippen molar-refractivity contribution in [3.05, 3.63) is 35.9 Å². The van der Waals surface area contributed by atoms with E-state index in [4.69, 9.17) is 16.3 Å². The molecule has 0 amide bonds. The Morgan fingerprint density at radius 1 is 1.31 bits per heavy atom. The third-order valence-corrected chi connectivity index (χ3v) is 2.32. The van der Waals surface area contributed by atoms with Gasteiger partial charge < -0.3 is 4.74 Å². The topological polar surface area (TPSA) is 43.4 Å². The lowest BCUT2D eigenvalue weighted by molar-refractivity contribution is -0.152. The van der Waals surface area contributed by atoms with Crippen LogP contribution >= 0.6 is 11.6 Å². The molecule has 0 spiro atoms. The second kappa shape index (κ2) is 6.28. The van der Waals surface area contributed by atoms with Crippen molar-refractivity contribution in [2.24, 2.45) is 0 Å². The maximum Gasteiger partial charge on any atom is 0.306 e. The van der Waals surface area contributed by atoms with Gasteiger partial charge in [0.15, 0.2) is 6.10 Å². The summed E-state index contributed by atoms with van der Waals surface area (Å²) in [6.45, 7) is 1.67. The molecular formula is C12H13ClO3. The molecule has 0 bridgehead atoms. The molecule has 0 aromatic heterocycles. The maximum atomic E-state index is 11.1. The molecule has 86 valence electrons. The van der Waals surface area contributed by atoms with E-state index in [9.17, 15) is 9.59 Å². The van der Waals surface area contributed by atoms with E-state index in [1.807, 2.05) is 30.3 Å². The van der Waals surface area contributed by atoms with Gasteiger partial charge in [-0.05, 0) is 17.2 Å². The fourth-order valence-corrected chi connectivity index (χ4v) is 1.36. The molecule has 0 heterocycles. The maximum absolute atomic E-state index is 11.1. The van der Waals surface area contributed by atoms with Crippen LogP contribution in [0.2, 0.25) is 0 Å².